The maximum Gasteiger partial charge on any atom is 0.0356 e. The Kier molecular flexibility index (Phi) is 3.31. The third-order valence-electron chi connectivity index (χ3n) is 4.19. The third-order valence-corrected chi connectivity index (χ3v) is 4.19. The van der Waals surface area contributed by atoms with Crippen LogP contribution in [-0.2, 0) is 0 Å². The molecule has 1 aromatic rings. The molecule has 2 atom stereocenters. The maximum atomic E-state index is 3.68. The van der Waals surface area contributed by atoms with E-state index in [-0.39, 0.29) is 0 Å². The van der Waals surface area contributed by atoms with Gasteiger partial charge in [-0.15, -0.1) is 0 Å². The molecule has 1 N–H and O–H groups in total. The highest BCUT2D eigenvalue weighted by molar-refractivity contribution is 5.34. The van der Waals surface area contributed by atoms with Crippen molar-refractivity contribution in [3.63, 3.8) is 0 Å². The molecule has 0 amide bonds. The van der Waals surface area contributed by atoms with Crippen LogP contribution in [0.4, 0.5) is 0 Å². The van der Waals surface area contributed by atoms with Crippen molar-refractivity contribution in [1.29, 1.82) is 0 Å². The van der Waals surface area contributed by atoms with Crippen LogP contribution in [0.15, 0.2) is 18.2 Å². The van der Waals surface area contributed by atoms with Crippen LogP contribution in [0.1, 0.15) is 49.9 Å². The summed E-state index contributed by atoms with van der Waals surface area (Å²) in [5.41, 5.74) is 4.81. The fourth-order valence-electron chi connectivity index (χ4n) is 2.86. The van der Waals surface area contributed by atoms with Crippen molar-refractivity contribution in [2.24, 2.45) is 11.3 Å². The molecule has 94 valence electrons. The molecule has 2 unspecified atom stereocenters. The van der Waals surface area contributed by atoms with Crippen LogP contribution in [-0.4, -0.2) is 6.54 Å². The molecule has 0 aromatic heterocycles. The van der Waals surface area contributed by atoms with Gasteiger partial charge in [0.15, 0.2) is 0 Å². The minimum absolute atomic E-state index is 0.517. The molecule has 1 nitrogen and oxygen atoms in total. The average molecular weight is 231 g/mol. The van der Waals surface area contributed by atoms with E-state index in [4.69, 9.17) is 0 Å². The molecule has 0 spiro atoms. The molecule has 1 aromatic carbocycles. The number of nitrogens with one attached hydrogen (secondary N) is 1. The first kappa shape index (κ1) is 12.6. The predicted octanol–water partition coefficient (Wildman–Crippen LogP) is 4.00. The summed E-state index contributed by atoms with van der Waals surface area (Å²) in [6.45, 7) is 12.4. The number of rotatable bonds is 4. The van der Waals surface area contributed by atoms with Gasteiger partial charge in [-0.25, -0.2) is 0 Å². The summed E-state index contributed by atoms with van der Waals surface area (Å²) in [5, 5.41) is 3.68. The zero-order chi connectivity index (χ0) is 12.6. The van der Waals surface area contributed by atoms with Crippen molar-refractivity contribution in [1.82, 2.24) is 5.32 Å². The second-order valence-electron chi connectivity index (χ2n) is 6.19. The molecule has 0 saturated heterocycles. The Morgan fingerprint density at radius 1 is 1.35 bits per heavy atom. The summed E-state index contributed by atoms with van der Waals surface area (Å²) >= 11 is 0. The smallest absolute Gasteiger partial charge is 0.0356 e. The molecule has 1 heteroatoms. The van der Waals surface area contributed by atoms with Crippen molar-refractivity contribution in [3.8, 4) is 0 Å². The quantitative estimate of drug-likeness (QED) is 0.826. The van der Waals surface area contributed by atoms with E-state index in [0.717, 1.165) is 12.5 Å². The molecule has 1 fully saturated rings. The predicted molar refractivity (Wildman–Crippen MR) is 74.2 cm³/mol. The van der Waals surface area contributed by atoms with Gasteiger partial charge < -0.3 is 5.32 Å². The molecule has 1 aliphatic rings. The van der Waals surface area contributed by atoms with Crippen LogP contribution in [0.2, 0.25) is 0 Å². The van der Waals surface area contributed by atoms with Gasteiger partial charge in [-0.1, -0.05) is 44.5 Å². The first-order valence-electron chi connectivity index (χ1n) is 6.76. The monoisotopic (exact) mass is 231 g/mol. The lowest BCUT2D eigenvalue weighted by atomic mass is 9.92. The normalized spacial score (nSPS) is 23.5. The van der Waals surface area contributed by atoms with E-state index >= 15 is 0 Å². The van der Waals surface area contributed by atoms with Crippen LogP contribution < -0.4 is 5.32 Å². The highest BCUT2D eigenvalue weighted by Gasteiger charge is 2.50. The van der Waals surface area contributed by atoms with Crippen LogP contribution in [0.3, 0.4) is 0 Å². The molecule has 1 aliphatic carbocycles. The Morgan fingerprint density at radius 3 is 2.53 bits per heavy atom. The van der Waals surface area contributed by atoms with E-state index in [2.05, 4.69) is 58.1 Å². The van der Waals surface area contributed by atoms with Crippen molar-refractivity contribution < 1.29 is 0 Å². The van der Waals surface area contributed by atoms with Gasteiger partial charge in [0.25, 0.3) is 0 Å². The topological polar surface area (TPSA) is 12.0 Å². The average Bonchev–Trinajstić information content (AvgIpc) is 2.88. The summed E-state index contributed by atoms with van der Waals surface area (Å²) in [6.07, 6.45) is 1.35. The molecule has 2 rings (SSSR count). The van der Waals surface area contributed by atoms with E-state index < -0.39 is 0 Å². The van der Waals surface area contributed by atoms with Crippen molar-refractivity contribution in [3.05, 3.63) is 34.9 Å². The fourth-order valence-corrected chi connectivity index (χ4v) is 2.86. The second-order valence-corrected chi connectivity index (χ2v) is 6.19. The van der Waals surface area contributed by atoms with Crippen molar-refractivity contribution in [2.75, 3.05) is 6.54 Å². The van der Waals surface area contributed by atoms with Crippen LogP contribution in [0, 0.1) is 25.2 Å². The molecule has 0 radical (unpaired) electrons. The summed E-state index contributed by atoms with van der Waals surface area (Å²) < 4.78 is 0. The standard InChI is InChI=1S/C16H25N/c1-6-17-15(14-10-16(14,4)5)13-9-11(2)7-8-12(13)3/h7-9,14-15,17H,6,10H2,1-5H3. The number of hydrogen-bond acceptors (Lipinski definition) is 1. The molecular weight excluding hydrogens is 206 g/mol. The van der Waals surface area contributed by atoms with Gasteiger partial charge in [-0.3, -0.25) is 0 Å². The van der Waals surface area contributed by atoms with Gasteiger partial charge in [0.1, 0.15) is 0 Å². The van der Waals surface area contributed by atoms with Gasteiger partial charge in [-0.2, -0.15) is 0 Å². The number of hydrogen-bond donors (Lipinski definition) is 1. The highest BCUT2D eigenvalue weighted by Crippen LogP contribution is 2.58. The first-order chi connectivity index (χ1) is 7.95. The molecule has 17 heavy (non-hydrogen) atoms. The summed E-state index contributed by atoms with van der Waals surface area (Å²) in [4.78, 5) is 0. The van der Waals surface area contributed by atoms with E-state index in [1.54, 1.807) is 0 Å². The zero-order valence-electron chi connectivity index (χ0n) is 11.8. The van der Waals surface area contributed by atoms with Crippen LogP contribution in [0.25, 0.3) is 0 Å². The molecule has 0 aliphatic heterocycles. The zero-order valence-corrected chi connectivity index (χ0v) is 11.8. The summed E-state index contributed by atoms with van der Waals surface area (Å²) in [7, 11) is 0. The number of benzene rings is 1. The Morgan fingerprint density at radius 2 is 2.00 bits per heavy atom. The van der Waals surface area contributed by atoms with Gasteiger partial charge in [-0.05, 0) is 49.3 Å². The van der Waals surface area contributed by atoms with Gasteiger partial charge in [0, 0.05) is 6.04 Å². The van der Waals surface area contributed by atoms with Gasteiger partial charge >= 0.3 is 0 Å². The highest BCUT2D eigenvalue weighted by atomic mass is 14.9. The minimum atomic E-state index is 0.517. The summed E-state index contributed by atoms with van der Waals surface area (Å²) in [6, 6.07) is 7.36. The molecule has 1 saturated carbocycles. The fraction of sp³-hybridized carbons (Fsp3) is 0.625. The lowest BCUT2D eigenvalue weighted by molar-refractivity contribution is 0.422. The lowest BCUT2D eigenvalue weighted by Gasteiger charge is -2.22. The van der Waals surface area contributed by atoms with Gasteiger partial charge in [0.05, 0.1) is 0 Å². The van der Waals surface area contributed by atoms with Crippen LogP contribution in [0.5, 0.6) is 0 Å². The summed E-state index contributed by atoms with van der Waals surface area (Å²) in [5.74, 6) is 0.794. The Bertz CT molecular complexity index is 406. The van der Waals surface area contributed by atoms with E-state index in [9.17, 15) is 0 Å². The SMILES string of the molecule is CCNC(c1cc(C)ccc1C)C1CC1(C)C. The number of aryl methyl sites for hydroxylation is 2. The first-order valence-corrected chi connectivity index (χ1v) is 6.76. The Hall–Kier alpha value is -0.820. The van der Waals surface area contributed by atoms with Crippen LogP contribution >= 0.6 is 0 Å². The second kappa shape index (κ2) is 4.45. The maximum absolute atomic E-state index is 3.68. The van der Waals surface area contributed by atoms with Gasteiger partial charge in [0.2, 0.25) is 0 Å². The van der Waals surface area contributed by atoms with E-state index in [0.29, 0.717) is 11.5 Å². The Balaban J connectivity index is 2.30. The molecular formula is C16H25N. The molecule has 0 bridgehead atoms. The minimum Gasteiger partial charge on any atom is -0.310 e. The Labute approximate surface area is 106 Å². The van der Waals surface area contributed by atoms with Crippen molar-refractivity contribution >= 4 is 0 Å². The largest absolute Gasteiger partial charge is 0.310 e. The van der Waals surface area contributed by atoms with Crippen molar-refractivity contribution in [2.45, 2.75) is 47.1 Å². The van der Waals surface area contributed by atoms with E-state index in [1.807, 2.05) is 0 Å². The third kappa shape index (κ3) is 2.55. The molecule has 0 heterocycles. The lowest BCUT2D eigenvalue weighted by Crippen LogP contribution is -2.25. The van der Waals surface area contributed by atoms with E-state index in [1.165, 1.54) is 23.1 Å².